The average molecular weight is 433 g/mol. The van der Waals surface area contributed by atoms with Gasteiger partial charge in [-0.1, -0.05) is 24.3 Å². The lowest BCUT2D eigenvalue weighted by Crippen LogP contribution is -2.21. The van der Waals surface area contributed by atoms with Gasteiger partial charge in [0, 0.05) is 23.2 Å². The predicted octanol–water partition coefficient (Wildman–Crippen LogP) is 4.67. The third-order valence-electron chi connectivity index (χ3n) is 4.41. The zero-order valence-electron chi connectivity index (χ0n) is 16.0. The Labute approximate surface area is 180 Å². The Bertz CT molecular complexity index is 1270. The number of pyridine rings is 1. The maximum Gasteiger partial charge on any atom is 0.339 e. The summed E-state index contributed by atoms with van der Waals surface area (Å²) in [6.07, 6.45) is 0. The van der Waals surface area contributed by atoms with Crippen LogP contribution in [0.4, 0.5) is 11.4 Å². The molecule has 2 aromatic carbocycles. The van der Waals surface area contributed by atoms with E-state index >= 15 is 0 Å². The van der Waals surface area contributed by atoms with E-state index in [0.29, 0.717) is 27.8 Å². The van der Waals surface area contributed by atoms with Gasteiger partial charge in [0.05, 0.1) is 26.6 Å². The number of non-ortho nitro benzene ring substituents is 1. The molecular weight excluding hydrogens is 418 g/mol. The number of nitrogens with one attached hydrogen (secondary N) is 1. The van der Waals surface area contributed by atoms with Gasteiger partial charge < -0.3 is 10.1 Å². The van der Waals surface area contributed by atoms with Crippen molar-refractivity contribution in [3.05, 3.63) is 87.8 Å². The molecule has 4 rings (SSSR count). The number of nitrogens with zero attached hydrogens (tertiary/aromatic N) is 2. The van der Waals surface area contributed by atoms with Crippen molar-refractivity contribution in [1.82, 2.24) is 4.98 Å². The zero-order chi connectivity index (χ0) is 21.8. The molecule has 0 unspecified atom stereocenters. The number of para-hydroxylation sites is 1. The smallest absolute Gasteiger partial charge is 0.339 e. The summed E-state index contributed by atoms with van der Waals surface area (Å²) in [7, 11) is 0. The van der Waals surface area contributed by atoms with E-state index in [1.807, 2.05) is 29.6 Å². The number of amides is 1. The van der Waals surface area contributed by atoms with E-state index < -0.39 is 23.4 Å². The lowest BCUT2D eigenvalue weighted by atomic mass is 10.1. The molecule has 1 N–H and O–H groups in total. The van der Waals surface area contributed by atoms with E-state index in [0.717, 1.165) is 4.88 Å². The Morgan fingerprint density at radius 1 is 1.06 bits per heavy atom. The van der Waals surface area contributed by atoms with E-state index in [-0.39, 0.29) is 5.69 Å². The molecule has 0 bridgehead atoms. The largest absolute Gasteiger partial charge is 0.452 e. The second-order valence-electron chi connectivity index (χ2n) is 6.48. The van der Waals surface area contributed by atoms with Crippen LogP contribution in [0.2, 0.25) is 0 Å². The van der Waals surface area contributed by atoms with Crippen molar-refractivity contribution in [3.8, 4) is 10.6 Å². The first-order chi connectivity index (χ1) is 15.0. The molecule has 2 heterocycles. The molecule has 0 atom stereocenters. The van der Waals surface area contributed by atoms with Gasteiger partial charge in [0.25, 0.3) is 11.6 Å². The van der Waals surface area contributed by atoms with E-state index in [1.165, 1.54) is 35.6 Å². The Hall–Kier alpha value is -4.11. The predicted molar refractivity (Wildman–Crippen MR) is 117 cm³/mol. The van der Waals surface area contributed by atoms with Crippen LogP contribution in [-0.4, -0.2) is 28.4 Å². The van der Waals surface area contributed by atoms with Gasteiger partial charge in [-0.25, -0.2) is 9.78 Å². The topological polar surface area (TPSA) is 111 Å². The molecule has 8 nitrogen and oxygen atoms in total. The number of esters is 1. The summed E-state index contributed by atoms with van der Waals surface area (Å²) in [4.78, 5) is 40.6. The summed E-state index contributed by atoms with van der Waals surface area (Å²) in [5.41, 5.74) is 1.89. The van der Waals surface area contributed by atoms with Gasteiger partial charge >= 0.3 is 5.97 Å². The molecule has 0 saturated carbocycles. The lowest BCUT2D eigenvalue weighted by Gasteiger charge is -2.10. The lowest BCUT2D eigenvalue weighted by molar-refractivity contribution is -0.384. The van der Waals surface area contributed by atoms with Crippen LogP contribution in [0, 0.1) is 10.1 Å². The van der Waals surface area contributed by atoms with Gasteiger partial charge in [-0.3, -0.25) is 14.9 Å². The number of anilines is 1. The van der Waals surface area contributed by atoms with Crippen molar-refractivity contribution >= 4 is 45.5 Å². The number of rotatable bonds is 6. The number of hydrogen-bond acceptors (Lipinski definition) is 7. The molecule has 0 aliphatic carbocycles. The monoisotopic (exact) mass is 433 g/mol. The van der Waals surface area contributed by atoms with Gasteiger partial charge in [-0.15, -0.1) is 11.3 Å². The van der Waals surface area contributed by atoms with E-state index in [4.69, 9.17) is 4.74 Å². The van der Waals surface area contributed by atoms with Gasteiger partial charge in [0.1, 0.15) is 0 Å². The van der Waals surface area contributed by atoms with Crippen LogP contribution >= 0.6 is 11.3 Å². The second kappa shape index (κ2) is 8.72. The fourth-order valence-electron chi connectivity index (χ4n) is 2.97. The molecule has 9 heteroatoms. The molecule has 0 saturated heterocycles. The minimum Gasteiger partial charge on any atom is -0.452 e. The summed E-state index contributed by atoms with van der Waals surface area (Å²) >= 11 is 1.51. The fourth-order valence-corrected chi connectivity index (χ4v) is 3.65. The van der Waals surface area contributed by atoms with Gasteiger partial charge in [-0.2, -0.15) is 0 Å². The molecule has 4 aromatic rings. The van der Waals surface area contributed by atoms with Gasteiger partial charge in [0.2, 0.25) is 0 Å². The molecule has 0 radical (unpaired) electrons. The van der Waals surface area contributed by atoms with Crippen LogP contribution in [0.15, 0.2) is 72.1 Å². The minimum atomic E-state index is -0.643. The average Bonchev–Trinajstić information content (AvgIpc) is 3.32. The van der Waals surface area contributed by atoms with Crippen LogP contribution in [0.1, 0.15) is 10.4 Å². The van der Waals surface area contributed by atoms with Crippen LogP contribution in [-0.2, 0) is 9.53 Å². The number of ether oxygens (including phenoxy) is 1. The normalized spacial score (nSPS) is 10.6. The number of nitro groups is 1. The number of carbonyl (C=O) groups excluding carboxylic acids is 2. The highest BCUT2D eigenvalue weighted by Crippen LogP contribution is 2.28. The first-order valence-corrected chi connectivity index (χ1v) is 10.0. The Kier molecular flexibility index (Phi) is 5.67. The molecule has 31 heavy (non-hydrogen) atoms. The maximum absolute atomic E-state index is 12.8. The Morgan fingerprint density at radius 3 is 2.55 bits per heavy atom. The second-order valence-corrected chi connectivity index (χ2v) is 7.43. The number of nitro benzene ring substituents is 1. The Balaban J connectivity index is 1.49. The molecule has 0 aliphatic heterocycles. The summed E-state index contributed by atoms with van der Waals surface area (Å²) < 4.78 is 5.22. The van der Waals surface area contributed by atoms with Crippen molar-refractivity contribution in [2.75, 3.05) is 11.9 Å². The number of hydrogen-bond donors (Lipinski definition) is 1. The zero-order valence-corrected chi connectivity index (χ0v) is 16.8. The van der Waals surface area contributed by atoms with Crippen molar-refractivity contribution in [3.63, 3.8) is 0 Å². The van der Waals surface area contributed by atoms with E-state index in [2.05, 4.69) is 10.3 Å². The highest BCUT2D eigenvalue weighted by Gasteiger charge is 2.17. The molecule has 2 aromatic heterocycles. The summed E-state index contributed by atoms with van der Waals surface area (Å²) in [6.45, 7) is -0.499. The van der Waals surface area contributed by atoms with E-state index in [1.54, 1.807) is 18.2 Å². The van der Waals surface area contributed by atoms with Crippen molar-refractivity contribution in [1.29, 1.82) is 0 Å². The molecular formula is C22H15N3O5S. The number of fused-ring (bicyclic) bond motifs is 1. The van der Waals surface area contributed by atoms with Crippen molar-refractivity contribution in [2.24, 2.45) is 0 Å². The number of benzene rings is 2. The standard InChI is InChI=1S/C22H15N3O5S/c26-21(23-14-7-9-15(10-8-14)25(28)29)13-30-22(27)17-12-19(20-6-3-11-31-20)24-18-5-2-1-4-16(17)18/h1-12H,13H2,(H,23,26). The van der Waals surface area contributed by atoms with Crippen molar-refractivity contribution < 1.29 is 19.2 Å². The number of aromatic nitrogens is 1. The summed E-state index contributed by atoms with van der Waals surface area (Å²) in [5, 5.41) is 15.8. The summed E-state index contributed by atoms with van der Waals surface area (Å²) in [6, 6.07) is 18.0. The van der Waals surface area contributed by atoms with Crippen LogP contribution in [0.25, 0.3) is 21.5 Å². The quantitative estimate of drug-likeness (QED) is 0.269. The first-order valence-electron chi connectivity index (χ1n) is 9.16. The van der Waals surface area contributed by atoms with Crippen LogP contribution < -0.4 is 5.32 Å². The third-order valence-corrected chi connectivity index (χ3v) is 5.30. The molecule has 154 valence electrons. The minimum absolute atomic E-state index is 0.0875. The number of thiophene rings is 1. The molecule has 0 aliphatic rings. The Morgan fingerprint density at radius 2 is 1.84 bits per heavy atom. The highest BCUT2D eigenvalue weighted by molar-refractivity contribution is 7.13. The molecule has 0 fully saturated rings. The SMILES string of the molecule is O=C(COC(=O)c1cc(-c2cccs2)nc2ccccc12)Nc1ccc([N+](=O)[O-])cc1. The summed E-state index contributed by atoms with van der Waals surface area (Å²) in [5.74, 6) is -1.20. The van der Waals surface area contributed by atoms with E-state index in [9.17, 15) is 19.7 Å². The maximum atomic E-state index is 12.8. The first kappa shape index (κ1) is 20.2. The molecule has 0 spiro atoms. The highest BCUT2D eigenvalue weighted by atomic mass is 32.1. The fraction of sp³-hybridized carbons (Fsp3) is 0.0455. The number of carbonyl (C=O) groups is 2. The van der Waals surface area contributed by atoms with Gasteiger partial charge in [-0.05, 0) is 35.7 Å². The third kappa shape index (κ3) is 4.57. The molecule has 1 amide bonds. The van der Waals surface area contributed by atoms with Gasteiger partial charge in [0.15, 0.2) is 6.61 Å². The van der Waals surface area contributed by atoms with Crippen LogP contribution in [0.3, 0.4) is 0 Å². The van der Waals surface area contributed by atoms with Crippen LogP contribution in [0.5, 0.6) is 0 Å². The van der Waals surface area contributed by atoms with Crippen molar-refractivity contribution in [2.45, 2.75) is 0 Å².